The molecule has 4 heteroatoms. The van der Waals surface area contributed by atoms with Gasteiger partial charge in [0.25, 0.3) is 0 Å². The second-order valence-electron chi connectivity index (χ2n) is 7.15. The van der Waals surface area contributed by atoms with E-state index in [1.54, 1.807) is 0 Å². The molecule has 0 aliphatic rings. The number of carboxylic acids is 1. The Balaban J connectivity index is 2.47. The van der Waals surface area contributed by atoms with E-state index < -0.39 is 11.9 Å². The first-order chi connectivity index (χ1) is 12.8. The molecule has 1 N–H and O–H groups in total. The van der Waals surface area contributed by atoms with Crippen LogP contribution in [0.3, 0.4) is 0 Å². The van der Waals surface area contributed by atoms with Crippen LogP contribution in [0.1, 0.15) is 48.1 Å². The molecule has 3 rings (SSSR count). The average molecular weight is 382 g/mol. The highest BCUT2D eigenvalue weighted by Gasteiger charge is 2.27. The lowest BCUT2D eigenvalue weighted by Gasteiger charge is -2.22. The smallest absolute Gasteiger partial charge is 0.311 e. The monoisotopic (exact) mass is 381 g/mol. The van der Waals surface area contributed by atoms with Gasteiger partial charge in [-0.15, -0.1) is 0 Å². The highest BCUT2D eigenvalue weighted by molar-refractivity contribution is 6.31. The van der Waals surface area contributed by atoms with Crippen molar-refractivity contribution in [1.82, 2.24) is 4.98 Å². The quantitative estimate of drug-likeness (QED) is 0.552. The predicted molar refractivity (Wildman–Crippen MR) is 112 cm³/mol. The van der Waals surface area contributed by atoms with Crippen LogP contribution in [0, 0.1) is 20.8 Å². The number of aliphatic carboxylic acids is 1. The summed E-state index contributed by atoms with van der Waals surface area (Å²) in [4.78, 5) is 16.8. The number of aromatic nitrogens is 1. The van der Waals surface area contributed by atoms with Crippen LogP contribution in [0.4, 0.5) is 0 Å². The summed E-state index contributed by atoms with van der Waals surface area (Å²) in [7, 11) is 0. The van der Waals surface area contributed by atoms with Crippen LogP contribution in [-0.4, -0.2) is 16.1 Å². The lowest BCUT2D eigenvalue weighted by Crippen LogP contribution is -2.15. The zero-order valence-corrected chi connectivity index (χ0v) is 16.9. The first-order valence-electron chi connectivity index (χ1n) is 9.23. The molecule has 0 saturated carbocycles. The molecule has 0 saturated heterocycles. The number of nitrogens with zero attached hydrogens (tertiary/aromatic N) is 1. The van der Waals surface area contributed by atoms with E-state index in [4.69, 9.17) is 16.6 Å². The average Bonchev–Trinajstić information content (AvgIpc) is 2.60. The largest absolute Gasteiger partial charge is 0.481 e. The van der Waals surface area contributed by atoms with Crippen LogP contribution in [0.5, 0.6) is 0 Å². The molecule has 27 heavy (non-hydrogen) atoms. The number of rotatable bonds is 5. The van der Waals surface area contributed by atoms with Gasteiger partial charge in [0, 0.05) is 16.1 Å². The summed E-state index contributed by atoms with van der Waals surface area (Å²) in [5.41, 5.74) is 6.66. The van der Waals surface area contributed by atoms with Crippen molar-refractivity contribution in [2.24, 2.45) is 0 Å². The van der Waals surface area contributed by atoms with Crippen LogP contribution in [0.25, 0.3) is 22.0 Å². The van der Waals surface area contributed by atoms with Crippen molar-refractivity contribution in [1.29, 1.82) is 0 Å². The summed E-state index contributed by atoms with van der Waals surface area (Å²) in [6.45, 7) is 8.03. The zero-order valence-electron chi connectivity index (χ0n) is 16.1. The first kappa shape index (κ1) is 19.4. The van der Waals surface area contributed by atoms with Gasteiger partial charge >= 0.3 is 5.97 Å². The second-order valence-corrected chi connectivity index (χ2v) is 7.58. The van der Waals surface area contributed by atoms with Crippen molar-refractivity contribution >= 4 is 28.5 Å². The maximum atomic E-state index is 12.1. The first-order valence-corrected chi connectivity index (χ1v) is 9.61. The van der Waals surface area contributed by atoms with Crippen molar-refractivity contribution < 1.29 is 9.90 Å². The number of fused-ring (bicyclic) bond motifs is 1. The predicted octanol–water partition coefficient (Wildman–Crippen LogP) is 6.45. The van der Waals surface area contributed by atoms with Crippen LogP contribution in [0.2, 0.25) is 5.02 Å². The molecule has 0 aliphatic heterocycles. The molecule has 0 radical (unpaired) electrons. The Kier molecular flexibility index (Phi) is 5.52. The summed E-state index contributed by atoms with van der Waals surface area (Å²) in [6, 6.07) is 11.9. The minimum absolute atomic E-state index is 0.571. The highest BCUT2D eigenvalue weighted by atomic mass is 35.5. The van der Waals surface area contributed by atoms with Crippen molar-refractivity contribution in [3.05, 3.63) is 63.8 Å². The summed E-state index contributed by atoms with van der Waals surface area (Å²) in [6.07, 6.45) is 1.36. The Morgan fingerprint density at radius 3 is 2.52 bits per heavy atom. The molecule has 1 unspecified atom stereocenters. The maximum absolute atomic E-state index is 12.1. The van der Waals surface area contributed by atoms with E-state index in [-0.39, 0.29) is 0 Å². The van der Waals surface area contributed by atoms with E-state index in [0.717, 1.165) is 45.3 Å². The molecule has 3 nitrogen and oxygen atoms in total. The standard InChI is InChI=1S/C23H24ClNO2/c1-5-6-18(23(26)27)21-15(4)25-20-10-8-16(24)12-19(20)22(21)17-9-7-13(2)11-14(17)3/h7-12,18H,5-6H2,1-4H3,(H,26,27). The van der Waals surface area contributed by atoms with E-state index in [1.165, 1.54) is 5.56 Å². The van der Waals surface area contributed by atoms with Gasteiger partial charge in [-0.1, -0.05) is 48.7 Å². The van der Waals surface area contributed by atoms with Gasteiger partial charge in [0.15, 0.2) is 0 Å². The zero-order chi connectivity index (χ0) is 19.7. The number of aryl methyl sites for hydroxylation is 3. The number of pyridine rings is 1. The fourth-order valence-electron chi connectivity index (χ4n) is 3.86. The van der Waals surface area contributed by atoms with E-state index in [1.807, 2.05) is 32.0 Å². The Hall–Kier alpha value is -2.39. The SMILES string of the molecule is CCCC(C(=O)O)c1c(C)nc2ccc(Cl)cc2c1-c1ccc(C)cc1C. The number of carbonyl (C=O) groups is 1. The normalized spacial score (nSPS) is 12.3. The molecule has 0 amide bonds. The lowest BCUT2D eigenvalue weighted by molar-refractivity contribution is -0.139. The molecular formula is C23H24ClNO2. The van der Waals surface area contributed by atoms with E-state index in [9.17, 15) is 9.90 Å². The van der Waals surface area contributed by atoms with Gasteiger partial charge in [-0.2, -0.15) is 0 Å². The van der Waals surface area contributed by atoms with Gasteiger partial charge in [-0.25, -0.2) is 0 Å². The molecule has 3 aromatic rings. The van der Waals surface area contributed by atoms with E-state index >= 15 is 0 Å². The van der Waals surface area contributed by atoms with Gasteiger partial charge in [-0.05, 0) is 67.6 Å². The number of carboxylic acid groups (broad SMARTS) is 1. The summed E-state index contributed by atoms with van der Waals surface area (Å²) >= 11 is 6.29. The number of halogens is 1. The van der Waals surface area contributed by atoms with Crippen LogP contribution in [0.15, 0.2) is 36.4 Å². The van der Waals surface area contributed by atoms with Crippen LogP contribution >= 0.6 is 11.6 Å². The Labute approximate surface area is 165 Å². The van der Waals surface area contributed by atoms with E-state index in [2.05, 4.69) is 32.0 Å². The molecule has 0 spiro atoms. The number of hydrogen-bond acceptors (Lipinski definition) is 2. The third-order valence-electron chi connectivity index (χ3n) is 5.05. The minimum atomic E-state index is -0.811. The lowest BCUT2D eigenvalue weighted by atomic mass is 9.83. The fraction of sp³-hybridized carbons (Fsp3) is 0.304. The van der Waals surface area contributed by atoms with E-state index in [0.29, 0.717) is 11.4 Å². The molecule has 1 heterocycles. The third kappa shape index (κ3) is 3.70. The van der Waals surface area contributed by atoms with Crippen LogP contribution in [-0.2, 0) is 4.79 Å². The molecule has 0 bridgehead atoms. The van der Waals surface area contributed by atoms with Crippen LogP contribution < -0.4 is 0 Å². The highest BCUT2D eigenvalue weighted by Crippen LogP contribution is 2.41. The number of hydrogen-bond donors (Lipinski definition) is 1. The summed E-state index contributed by atoms with van der Waals surface area (Å²) in [5, 5.41) is 11.5. The summed E-state index contributed by atoms with van der Waals surface area (Å²) in [5.74, 6) is -1.41. The van der Waals surface area contributed by atoms with Gasteiger partial charge in [0.2, 0.25) is 0 Å². The molecule has 2 aromatic carbocycles. The van der Waals surface area contributed by atoms with Gasteiger partial charge < -0.3 is 5.11 Å². The maximum Gasteiger partial charge on any atom is 0.311 e. The molecule has 0 aliphatic carbocycles. The molecule has 0 fully saturated rings. The topological polar surface area (TPSA) is 50.2 Å². The van der Waals surface area contributed by atoms with Gasteiger partial charge in [0.1, 0.15) is 0 Å². The fourth-order valence-corrected chi connectivity index (χ4v) is 4.04. The Morgan fingerprint density at radius 1 is 1.15 bits per heavy atom. The Morgan fingerprint density at radius 2 is 1.89 bits per heavy atom. The van der Waals surface area contributed by atoms with Gasteiger partial charge in [-0.3, -0.25) is 9.78 Å². The molecular weight excluding hydrogens is 358 g/mol. The number of benzene rings is 2. The molecule has 1 aromatic heterocycles. The van der Waals surface area contributed by atoms with Crippen molar-refractivity contribution in [2.75, 3.05) is 0 Å². The molecule has 1 atom stereocenters. The van der Waals surface area contributed by atoms with Crippen molar-refractivity contribution in [3.63, 3.8) is 0 Å². The van der Waals surface area contributed by atoms with Crippen molar-refractivity contribution in [3.8, 4) is 11.1 Å². The van der Waals surface area contributed by atoms with Gasteiger partial charge in [0.05, 0.1) is 11.4 Å². The van der Waals surface area contributed by atoms with Crippen molar-refractivity contribution in [2.45, 2.75) is 46.5 Å². The summed E-state index contributed by atoms with van der Waals surface area (Å²) < 4.78 is 0. The molecule has 140 valence electrons. The minimum Gasteiger partial charge on any atom is -0.481 e. The third-order valence-corrected chi connectivity index (χ3v) is 5.29. The Bertz CT molecular complexity index is 1030. The second kappa shape index (κ2) is 7.69.